The van der Waals surface area contributed by atoms with Crippen LogP contribution in [-0.2, 0) is 20.7 Å². The molecule has 0 aliphatic rings. The molecule has 0 atom stereocenters. The molecule has 2 aromatic carbocycles. The fourth-order valence-electron chi connectivity index (χ4n) is 2.57. The van der Waals surface area contributed by atoms with Crippen molar-refractivity contribution >= 4 is 21.0 Å². The molecule has 1 N–H and O–H groups in total. The van der Waals surface area contributed by atoms with E-state index in [1.807, 2.05) is 26.0 Å². The number of aryl methyl sites for hydroxylation is 3. The van der Waals surface area contributed by atoms with Gasteiger partial charge in [-0.1, -0.05) is 23.8 Å². The van der Waals surface area contributed by atoms with Crippen molar-refractivity contribution in [3.05, 3.63) is 59.3 Å². The van der Waals surface area contributed by atoms with Gasteiger partial charge in [-0.3, -0.25) is 9.28 Å². The number of hydrogen-bond donors (Lipinski definition) is 1. The van der Waals surface area contributed by atoms with Gasteiger partial charge in [0.05, 0.1) is 22.7 Å². The number of benzene rings is 2. The number of aromatic nitrogens is 2. The molecular formula is C18H20N2O3S. The third-order valence-electron chi connectivity index (χ3n) is 3.98. The lowest BCUT2D eigenvalue weighted by atomic mass is 10.1. The van der Waals surface area contributed by atoms with Gasteiger partial charge in [0.15, 0.2) is 0 Å². The smallest absolute Gasteiger partial charge is 0.278 e. The molecule has 0 unspecified atom stereocenters. The predicted molar refractivity (Wildman–Crippen MR) is 93.5 cm³/mol. The van der Waals surface area contributed by atoms with E-state index < -0.39 is 10.1 Å². The van der Waals surface area contributed by atoms with Crippen LogP contribution < -0.4 is 0 Å². The van der Waals surface area contributed by atoms with Gasteiger partial charge in [0.1, 0.15) is 0 Å². The summed E-state index contributed by atoms with van der Waals surface area (Å²) in [6.07, 6.45) is 1.39. The Morgan fingerprint density at radius 2 is 1.83 bits per heavy atom. The van der Waals surface area contributed by atoms with Crippen LogP contribution in [0, 0.1) is 13.8 Å². The number of nitrogens with one attached hydrogen (secondary N) is 1. The summed E-state index contributed by atoms with van der Waals surface area (Å²) in [5, 5.41) is 8.24. The molecule has 5 nitrogen and oxygen atoms in total. The van der Waals surface area contributed by atoms with Crippen molar-refractivity contribution in [2.24, 2.45) is 0 Å². The first-order valence-corrected chi connectivity index (χ1v) is 9.26. The zero-order valence-electron chi connectivity index (χ0n) is 13.7. The minimum absolute atomic E-state index is 0.165. The topological polar surface area (TPSA) is 72.1 Å². The quantitative estimate of drug-likeness (QED) is 0.548. The summed E-state index contributed by atoms with van der Waals surface area (Å²) in [6, 6.07) is 12.8. The maximum atomic E-state index is 12.1. The number of aromatic amines is 1. The number of rotatable bonds is 6. The monoisotopic (exact) mass is 344 g/mol. The van der Waals surface area contributed by atoms with Crippen LogP contribution >= 0.6 is 0 Å². The molecule has 0 aliphatic heterocycles. The van der Waals surface area contributed by atoms with E-state index in [9.17, 15) is 8.42 Å². The first-order chi connectivity index (χ1) is 11.5. The third-order valence-corrected chi connectivity index (χ3v) is 5.30. The zero-order valence-corrected chi connectivity index (χ0v) is 14.6. The summed E-state index contributed by atoms with van der Waals surface area (Å²) in [6.45, 7) is 4.04. The molecule has 0 aliphatic carbocycles. The van der Waals surface area contributed by atoms with E-state index in [-0.39, 0.29) is 11.5 Å². The van der Waals surface area contributed by atoms with Crippen molar-refractivity contribution < 1.29 is 12.6 Å². The number of nitrogens with zero attached hydrogens (tertiary/aromatic N) is 1. The Balaban J connectivity index is 1.57. The lowest BCUT2D eigenvalue weighted by Crippen LogP contribution is -2.08. The summed E-state index contributed by atoms with van der Waals surface area (Å²) in [5.41, 5.74) is 4.13. The van der Waals surface area contributed by atoms with Crippen molar-refractivity contribution in [2.45, 2.75) is 31.6 Å². The molecule has 0 saturated carbocycles. The minimum atomic E-state index is -3.68. The minimum Gasteiger partial charge on any atom is -0.278 e. The molecule has 1 aromatic heterocycles. The fourth-order valence-corrected chi connectivity index (χ4v) is 3.51. The lowest BCUT2D eigenvalue weighted by molar-refractivity contribution is 0.312. The molecule has 24 heavy (non-hydrogen) atoms. The second-order valence-electron chi connectivity index (χ2n) is 5.88. The Labute approximate surface area is 141 Å². The van der Waals surface area contributed by atoms with Crippen LogP contribution in [0.5, 0.6) is 0 Å². The second-order valence-corrected chi connectivity index (χ2v) is 7.50. The molecule has 126 valence electrons. The molecule has 3 rings (SSSR count). The van der Waals surface area contributed by atoms with Gasteiger partial charge >= 0.3 is 0 Å². The molecule has 3 aromatic rings. The van der Waals surface area contributed by atoms with Crippen molar-refractivity contribution in [1.29, 1.82) is 0 Å². The molecule has 0 fully saturated rings. The summed E-state index contributed by atoms with van der Waals surface area (Å²) >= 11 is 0. The first kappa shape index (κ1) is 16.7. The van der Waals surface area contributed by atoms with Crippen molar-refractivity contribution in [3.8, 4) is 0 Å². The van der Waals surface area contributed by atoms with Gasteiger partial charge in [0, 0.05) is 5.39 Å². The van der Waals surface area contributed by atoms with Gasteiger partial charge in [-0.05, 0) is 56.5 Å². The second kappa shape index (κ2) is 6.75. The third kappa shape index (κ3) is 3.66. The van der Waals surface area contributed by atoms with Crippen molar-refractivity contribution in [2.75, 3.05) is 6.61 Å². The predicted octanol–water partition coefficient (Wildman–Crippen LogP) is 3.52. The molecular weight excluding hydrogens is 324 g/mol. The zero-order chi connectivity index (χ0) is 17.2. The first-order valence-electron chi connectivity index (χ1n) is 7.85. The molecule has 6 heteroatoms. The highest BCUT2D eigenvalue weighted by Gasteiger charge is 2.14. The summed E-state index contributed by atoms with van der Waals surface area (Å²) < 4.78 is 29.3. The maximum absolute atomic E-state index is 12.1. The van der Waals surface area contributed by atoms with Gasteiger partial charge in [0.2, 0.25) is 0 Å². The van der Waals surface area contributed by atoms with E-state index in [4.69, 9.17) is 4.18 Å². The average Bonchev–Trinajstić information content (AvgIpc) is 2.93. The summed E-state index contributed by atoms with van der Waals surface area (Å²) in [5.74, 6) is 0. The molecule has 0 spiro atoms. The van der Waals surface area contributed by atoms with Crippen LogP contribution in [0.1, 0.15) is 23.2 Å². The van der Waals surface area contributed by atoms with Crippen LogP contribution in [0.15, 0.2) is 47.4 Å². The van der Waals surface area contributed by atoms with E-state index in [1.54, 1.807) is 24.3 Å². The molecule has 0 amide bonds. The highest BCUT2D eigenvalue weighted by molar-refractivity contribution is 7.86. The van der Waals surface area contributed by atoms with E-state index in [1.165, 1.54) is 0 Å². The normalized spacial score (nSPS) is 11.9. The molecule has 1 heterocycles. The maximum Gasteiger partial charge on any atom is 0.296 e. The Hall–Kier alpha value is -2.18. The van der Waals surface area contributed by atoms with Crippen molar-refractivity contribution in [3.63, 3.8) is 0 Å². The van der Waals surface area contributed by atoms with E-state index in [0.717, 1.165) is 34.1 Å². The Kier molecular flexibility index (Phi) is 4.69. The van der Waals surface area contributed by atoms with Gasteiger partial charge in [-0.2, -0.15) is 13.5 Å². The Morgan fingerprint density at radius 1 is 1.08 bits per heavy atom. The largest absolute Gasteiger partial charge is 0.296 e. The van der Waals surface area contributed by atoms with Crippen LogP contribution in [0.2, 0.25) is 0 Å². The van der Waals surface area contributed by atoms with Gasteiger partial charge in [-0.15, -0.1) is 0 Å². The van der Waals surface area contributed by atoms with Crippen molar-refractivity contribution in [1.82, 2.24) is 10.2 Å². The number of fused-ring (bicyclic) bond motifs is 1. The van der Waals surface area contributed by atoms with Gasteiger partial charge in [-0.25, -0.2) is 0 Å². The van der Waals surface area contributed by atoms with E-state index >= 15 is 0 Å². The molecule has 0 radical (unpaired) electrons. The molecule has 0 saturated heterocycles. The SMILES string of the molecule is Cc1ccc(S(=O)(=O)OCCCc2ccc3[nH]nc(C)c3c2)cc1. The Morgan fingerprint density at radius 3 is 2.58 bits per heavy atom. The van der Waals surface area contributed by atoms with E-state index in [2.05, 4.69) is 16.3 Å². The Bertz CT molecular complexity index is 944. The fraction of sp³-hybridized carbons (Fsp3) is 0.278. The van der Waals surface area contributed by atoms with Gasteiger partial charge < -0.3 is 0 Å². The highest BCUT2D eigenvalue weighted by Crippen LogP contribution is 2.18. The number of H-pyrrole nitrogens is 1. The highest BCUT2D eigenvalue weighted by atomic mass is 32.2. The van der Waals surface area contributed by atoms with E-state index in [0.29, 0.717) is 6.42 Å². The standard InChI is InChI=1S/C18H20N2O3S/c1-13-5-8-16(9-6-13)24(21,22)23-11-3-4-15-7-10-18-17(12-15)14(2)19-20-18/h5-10,12H,3-4,11H2,1-2H3,(H,19,20). The summed E-state index contributed by atoms with van der Waals surface area (Å²) in [7, 11) is -3.68. The van der Waals surface area contributed by atoms with Gasteiger partial charge in [0.25, 0.3) is 10.1 Å². The number of hydrogen-bond acceptors (Lipinski definition) is 4. The lowest BCUT2D eigenvalue weighted by Gasteiger charge is -2.06. The molecule has 0 bridgehead atoms. The summed E-state index contributed by atoms with van der Waals surface area (Å²) in [4.78, 5) is 0.198. The van der Waals surface area contributed by atoms with Crippen LogP contribution in [0.3, 0.4) is 0 Å². The average molecular weight is 344 g/mol. The van der Waals surface area contributed by atoms with Crippen LogP contribution in [0.4, 0.5) is 0 Å². The van der Waals surface area contributed by atoms with Crippen LogP contribution in [0.25, 0.3) is 10.9 Å². The van der Waals surface area contributed by atoms with Crippen LogP contribution in [-0.4, -0.2) is 25.2 Å².